The number of unbranched alkanes of at least 4 members (excludes halogenated alkanes) is 7. The molecule has 0 saturated heterocycles. The van der Waals surface area contributed by atoms with Crippen molar-refractivity contribution >= 4 is 6.83 Å². The van der Waals surface area contributed by atoms with E-state index in [1.807, 2.05) is 20.8 Å². The van der Waals surface area contributed by atoms with Crippen molar-refractivity contribution in [3.05, 3.63) is 29.1 Å². The molecule has 0 fully saturated rings. The van der Waals surface area contributed by atoms with E-state index >= 15 is 0 Å². The average Bonchev–Trinajstić information content (AvgIpc) is 2.80. The van der Waals surface area contributed by atoms with Crippen LogP contribution in [0.15, 0.2) is 0 Å². The van der Waals surface area contributed by atoms with Gasteiger partial charge in [-0.1, -0.05) is 0 Å². The van der Waals surface area contributed by atoms with Crippen molar-refractivity contribution in [3.63, 3.8) is 0 Å². The van der Waals surface area contributed by atoms with E-state index in [4.69, 9.17) is 4.52 Å². The molecule has 32 heavy (non-hydrogen) atoms. The monoisotopic (exact) mass is 484 g/mol. The molecule has 1 nitrogen and oxygen atoms in total. The van der Waals surface area contributed by atoms with Gasteiger partial charge >= 0.3 is 191 Å². The summed E-state index contributed by atoms with van der Waals surface area (Å²) >= 11 is 0. The Bertz CT molecular complexity index is 657. The molecule has 7 heteroatoms. The Morgan fingerprint density at radius 2 is 0.812 bits per heavy atom. The van der Waals surface area contributed by atoms with Crippen molar-refractivity contribution in [2.24, 2.45) is 0 Å². The summed E-state index contributed by atoms with van der Waals surface area (Å²) in [5.41, 5.74) is 0. The van der Waals surface area contributed by atoms with E-state index in [9.17, 15) is 22.0 Å². The maximum absolute atomic E-state index is 14.7. The summed E-state index contributed by atoms with van der Waals surface area (Å²) in [6.07, 6.45) is 12.9. The Labute approximate surface area is 191 Å². The number of rotatable bonds is 17. The third-order valence-corrected chi connectivity index (χ3v) is 13.1. The van der Waals surface area contributed by atoms with Gasteiger partial charge in [0.25, 0.3) is 0 Å². The minimum atomic E-state index is -3.28. The molecule has 0 saturated carbocycles. The molecule has 0 unspecified atom stereocenters. The zero-order valence-corrected chi connectivity index (χ0v) is 21.2. The Hall–Kier alpha value is -0.900. The van der Waals surface area contributed by atoms with Crippen molar-refractivity contribution in [1.82, 2.24) is 0 Å². The van der Waals surface area contributed by atoms with Crippen molar-refractivity contribution in [2.75, 3.05) is 24.6 Å². The molecule has 0 amide bonds. The van der Waals surface area contributed by atoms with Crippen molar-refractivity contribution < 1.29 is 26.5 Å². The Morgan fingerprint density at radius 1 is 0.469 bits per heavy atom. The molecule has 0 heterocycles. The Morgan fingerprint density at radius 3 is 1.22 bits per heavy atom. The molecule has 1 aromatic carbocycles. The van der Waals surface area contributed by atoms with Crippen molar-refractivity contribution in [2.45, 2.75) is 98.3 Å². The summed E-state index contributed by atoms with van der Waals surface area (Å²) in [5.74, 6) is -10.7. The van der Waals surface area contributed by atoms with Crippen LogP contribution < -0.4 is 4.52 Å². The predicted octanol–water partition coefficient (Wildman–Crippen LogP) is 9.60. The molecule has 0 spiro atoms. The Kier molecular flexibility index (Phi) is 12.5. The van der Waals surface area contributed by atoms with Gasteiger partial charge in [0, 0.05) is 0 Å². The second-order valence-corrected chi connectivity index (χ2v) is 14.9. The summed E-state index contributed by atoms with van der Waals surface area (Å²) in [6, 6.07) is 0. The van der Waals surface area contributed by atoms with Crippen LogP contribution in [0.2, 0.25) is 0 Å². The maximum atomic E-state index is 14.7. The van der Waals surface area contributed by atoms with Gasteiger partial charge in [0.05, 0.1) is 0 Å². The van der Waals surface area contributed by atoms with E-state index in [0.717, 1.165) is 70.6 Å². The normalized spacial score (nSPS) is 13.2. The number of halogens is 5. The second kappa shape index (κ2) is 13.7. The zero-order chi connectivity index (χ0) is 24.2. The van der Waals surface area contributed by atoms with E-state index in [-0.39, 0.29) is 0 Å². The van der Waals surface area contributed by atoms with Crippen LogP contribution in [0.4, 0.5) is 22.0 Å². The van der Waals surface area contributed by atoms with Gasteiger partial charge in [-0.15, -0.1) is 0 Å². The first kappa shape index (κ1) is 29.1. The van der Waals surface area contributed by atoms with E-state index in [0.29, 0.717) is 24.6 Å². The fourth-order valence-corrected chi connectivity index (χ4v) is 11.3. The van der Waals surface area contributed by atoms with Crippen LogP contribution >= 0.6 is 6.83 Å². The van der Waals surface area contributed by atoms with Gasteiger partial charge in [-0.2, -0.15) is 0 Å². The van der Waals surface area contributed by atoms with Crippen molar-refractivity contribution in [1.29, 1.82) is 0 Å². The van der Waals surface area contributed by atoms with Crippen LogP contribution in [0, 0.1) is 29.1 Å². The summed E-state index contributed by atoms with van der Waals surface area (Å²) < 4.78 is 77.5. The first-order valence-corrected chi connectivity index (χ1v) is 15.3. The fraction of sp³-hybridized carbons (Fsp3) is 0.760. The van der Waals surface area contributed by atoms with E-state index < -0.39 is 41.7 Å². The van der Waals surface area contributed by atoms with E-state index in [2.05, 4.69) is 6.92 Å². The van der Waals surface area contributed by atoms with Gasteiger partial charge in [0.15, 0.2) is 0 Å². The molecular formula is C25H42F5OP. The quantitative estimate of drug-likeness (QED) is 0.0703. The second-order valence-electron chi connectivity index (χ2n) is 9.22. The minimum absolute atomic E-state index is 0.662. The molecule has 1 rings (SSSR count). The van der Waals surface area contributed by atoms with E-state index in [1.165, 1.54) is 0 Å². The summed E-state index contributed by atoms with van der Waals surface area (Å²) in [6.45, 7) is 5.00. The molecule has 0 atom stereocenters. The zero-order valence-electron chi connectivity index (χ0n) is 20.4. The average molecular weight is 485 g/mol. The number of hydrogen-bond donors (Lipinski definition) is 0. The molecule has 0 N–H and O–H groups in total. The standard InChI is InChI=1S/C25H42F5OP/c1-5-9-13-14-15-19-32(16-10-6-2,17-11-7-3,18-12-8-4)31-25-23(29)21(27)20(26)22(28)24(25)30/h5-19H2,1-4H3. The van der Waals surface area contributed by atoms with Crippen LogP contribution in [0.1, 0.15) is 98.3 Å². The van der Waals surface area contributed by atoms with Gasteiger partial charge in [-0.3, -0.25) is 0 Å². The van der Waals surface area contributed by atoms with Gasteiger partial charge in [-0.25, -0.2) is 0 Å². The number of hydrogen-bond acceptors (Lipinski definition) is 1. The first-order valence-electron chi connectivity index (χ1n) is 12.4. The summed E-state index contributed by atoms with van der Waals surface area (Å²) in [4.78, 5) is 0. The topological polar surface area (TPSA) is 9.23 Å². The van der Waals surface area contributed by atoms with Crippen LogP contribution in [-0.4, -0.2) is 24.6 Å². The third-order valence-electron chi connectivity index (χ3n) is 6.58. The van der Waals surface area contributed by atoms with Crippen LogP contribution in [0.3, 0.4) is 0 Å². The molecule has 188 valence electrons. The van der Waals surface area contributed by atoms with Crippen LogP contribution in [0.5, 0.6) is 5.75 Å². The van der Waals surface area contributed by atoms with E-state index in [1.54, 1.807) is 0 Å². The molecule has 0 aliphatic carbocycles. The van der Waals surface area contributed by atoms with Crippen LogP contribution in [0.25, 0.3) is 0 Å². The van der Waals surface area contributed by atoms with Crippen molar-refractivity contribution in [3.8, 4) is 5.75 Å². The van der Waals surface area contributed by atoms with Crippen LogP contribution in [-0.2, 0) is 0 Å². The van der Waals surface area contributed by atoms with Gasteiger partial charge in [-0.05, 0) is 0 Å². The summed E-state index contributed by atoms with van der Waals surface area (Å²) in [5, 5.41) is 0. The Balaban J connectivity index is 3.58. The molecule has 0 aliphatic heterocycles. The van der Waals surface area contributed by atoms with Gasteiger partial charge < -0.3 is 0 Å². The molecule has 0 aromatic heterocycles. The molecule has 0 bridgehead atoms. The predicted molar refractivity (Wildman–Crippen MR) is 127 cm³/mol. The first-order chi connectivity index (χ1) is 15.2. The van der Waals surface area contributed by atoms with Gasteiger partial charge in [0.2, 0.25) is 0 Å². The molecule has 0 radical (unpaired) electrons. The summed E-state index contributed by atoms with van der Waals surface area (Å²) in [7, 11) is 0. The molecule has 0 aliphatic rings. The number of benzene rings is 1. The molecular weight excluding hydrogens is 442 g/mol. The third kappa shape index (κ3) is 7.30. The molecule has 1 aromatic rings. The SMILES string of the molecule is CCCCCCCP(CCCC)(CCCC)(CCCC)Oc1c(F)c(F)c(F)c(F)c1F. The fourth-order valence-electron chi connectivity index (χ4n) is 4.57. The van der Waals surface area contributed by atoms with Gasteiger partial charge in [0.1, 0.15) is 0 Å².